The second kappa shape index (κ2) is 4.14. The fourth-order valence-corrected chi connectivity index (χ4v) is 1.62. The number of non-ortho nitro benzene ring substituents is 1. The molecule has 1 aliphatic rings. The zero-order chi connectivity index (χ0) is 13.3. The summed E-state index contributed by atoms with van der Waals surface area (Å²) in [5, 5.41) is 13.2. The van der Waals surface area contributed by atoms with Gasteiger partial charge in [-0.1, -0.05) is 0 Å². The molecule has 0 spiro atoms. The van der Waals surface area contributed by atoms with E-state index in [1.807, 2.05) is 0 Å². The van der Waals surface area contributed by atoms with Crippen LogP contribution in [0.5, 0.6) is 0 Å². The Morgan fingerprint density at radius 3 is 2.39 bits per heavy atom. The van der Waals surface area contributed by atoms with E-state index in [0.717, 1.165) is 0 Å². The van der Waals surface area contributed by atoms with Crippen molar-refractivity contribution in [2.45, 2.75) is 19.6 Å². The maximum absolute atomic E-state index is 11.6. The van der Waals surface area contributed by atoms with Gasteiger partial charge in [0, 0.05) is 12.1 Å². The minimum Gasteiger partial charge on any atom is -0.463 e. The average Bonchev–Trinajstić information content (AvgIpc) is 2.52. The Kier molecular flexibility index (Phi) is 2.78. The number of carbonyl (C=O) groups is 1. The van der Waals surface area contributed by atoms with E-state index in [1.54, 1.807) is 32.1 Å². The Hall–Kier alpha value is -2.37. The van der Waals surface area contributed by atoms with Crippen LogP contribution in [0.15, 0.2) is 30.0 Å². The number of ether oxygens (including phenoxy) is 1. The molecule has 0 radical (unpaired) electrons. The summed E-state index contributed by atoms with van der Waals surface area (Å²) in [6, 6.07) is 5.88. The Bertz CT molecular complexity index is 532. The third-order valence-electron chi connectivity index (χ3n) is 2.41. The fraction of sp³-hybridized carbons (Fsp3) is 0.250. The molecular formula is C12H12N2O4. The number of rotatable bonds is 2. The van der Waals surface area contributed by atoms with Gasteiger partial charge in [0.25, 0.3) is 11.6 Å². The van der Waals surface area contributed by atoms with Gasteiger partial charge in [-0.15, -0.1) is 0 Å². The predicted octanol–water partition coefficient (Wildman–Crippen LogP) is 1.82. The standard InChI is InChI=1S/C12H12N2O4/c1-12(2)13-11(15)10(18-12)7-8-3-5-9(6-4-8)14(16)17/h3-7H,1-2H3,(H,13,15)/b10-7+. The number of nitrogens with zero attached hydrogens (tertiary/aromatic N) is 1. The third kappa shape index (κ3) is 2.48. The summed E-state index contributed by atoms with van der Waals surface area (Å²) in [5.41, 5.74) is -0.0401. The number of benzene rings is 1. The summed E-state index contributed by atoms with van der Waals surface area (Å²) in [5.74, 6) is -0.0906. The van der Waals surface area contributed by atoms with Gasteiger partial charge in [0.05, 0.1) is 4.92 Å². The predicted molar refractivity (Wildman–Crippen MR) is 64.4 cm³/mol. The Morgan fingerprint density at radius 1 is 1.33 bits per heavy atom. The van der Waals surface area contributed by atoms with E-state index in [9.17, 15) is 14.9 Å². The van der Waals surface area contributed by atoms with Crippen molar-refractivity contribution in [2.75, 3.05) is 0 Å². The highest BCUT2D eigenvalue weighted by atomic mass is 16.6. The smallest absolute Gasteiger partial charge is 0.289 e. The van der Waals surface area contributed by atoms with Gasteiger partial charge in [0.15, 0.2) is 11.5 Å². The molecule has 2 rings (SSSR count). The third-order valence-corrected chi connectivity index (χ3v) is 2.41. The average molecular weight is 248 g/mol. The van der Waals surface area contributed by atoms with Crippen LogP contribution in [0.3, 0.4) is 0 Å². The lowest BCUT2D eigenvalue weighted by Gasteiger charge is -2.15. The monoisotopic (exact) mass is 248 g/mol. The number of carbonyl (C=O) groups excluding carboxylic acids is 1. The lowest BCUT2D eigenvalue weighted by Crippen LogP contribution is -2.35. The molecule has 1 aromatic carbocycles. The maximum atomic E-state index is 11.6. The van der Waals surface area contributed by atoms with Gasteiger partial charge in [-0.3, -0.25) is 14.9 Å². The molecule has 1 N–H and O–H groups in total. The van der Waals surface area contributed by atoms with Crippen LogP contribution in [0.1, 0.15) is 19.4 Å². The van der Waals surface area contributed by atoms with Crippen LogP contribution in [0.25, 0.3) is 6.08 Å². The van der Waals surface area contributed by atoms with Gasteiger partial charge in [0.1, 0.15) is 0 Å². The van der Waals surface area contributed by atoms with Gasteiger partial charge >= 0.3 is 0 Å². The molecule has 0 bridgehead atoms. The van der Waals surface area contributed by atoms with E-state index in [1.165, 1.54) is 12.1 Å². The second-order valence-corrected chi connectivity index (χ2v) is 4.42. The zero-order valence-corrected chi connectivity index (χ0v) is 9.97. The topological polar surface area (TPSA) is 81.5 Å². The molecule has 1 heterocycles. The summed E-state index contributed by atoms with van der Waals surface area (Å²) >= 11 is 0. The summed E-state index contributed by atoms with van der Waals surface area (Å²) in [4.78, 5) is 21.6. The van der Waals surface area contributed by atoms with Crippen LogP contribution in [-0.4, -0.2) is 16.6 Å². The Balaban J connectivity index is 2.23. The molecule has 1 aromatic rings. The van der Waals surface area contributed by atoms with Gasteiger partial charge in [0.2, 0.25) is 0 Å². The van der Waals surface area contributed by atoms with E-state index >= 15 is 0 Å². The fourth-order valence-electron chi connectivity index (χ4n) is 1.62. The molecule has 1 aliphatic heterocycles. The van der Waals surface area contributed by atoms with E-state index in [-0.39, 0.29) is 17.4 Å². The summed E-state index contributed by atoms with van der Waals surface area (Å²) in [7, 11) is 0. The molecule has 0 aromatic heterocycles. The highest BCUT2D eigenvalue weighted by Crippen LogP contribution is 2.22. The Labute approximate surface area is 103 Å². The van der Waals surface area contributed by atoms with Crippen molar-refractivity contribution in [1.29, 1.82) is 0 Å². The van der Waals surface area contributed by atoms with Crippen molar-refractivity contribution in [1.82, 2.24) is 5.32 Å². The molecule has 0 unspecified atom stereocenters. The van der Waals surface area contributed by atoms with E-state index < -0.39 is 10.6 Å². The van der Waals surface area contributed by atoms with Crippen LogP contribution in [0, 0.1) is 10.1 Å². The minimum absolute atomic E-state index is 0.00858. The van der Waals surface area contributed by atoms with E-state index in [0.29, 0.717) is 5.56 Å². The lowest BCUT2D eigenvalue weighted by atomic mass is 10.2. The zero-order valence-electron chi connectivity index (χ0n) is 9.97. The van der Waals surface area contributed by atoms with E-state index in [2.05, 4.69) is 5.32 Å². The van der Waals surface area contributed by atoms with Crippen molar-refractivity contribution in [3.8, 4) is 0 Å². The van der Waals surface area contributed by atoms with E-state index in [4.69, 9.17) is 4.74 Å². The molecule has 94 valence electrons. The number of nitro benzene ring substituents is 1. The van der Waals surface area contributed by atoms with Crippen molar-refractivity contribution in [3.05, 3.63) is 45.7 Å². The summed E-state index contributed by atoms with van der Waals surface area (Å²) < 4.78 is 5.41. The molecule has 1 saturated heterocycles. The van der Waals surface area contributed by atoms with Crippen LogP contribution in [0.4, 0.5) is 5.69 Å². The number of nitrogens with one attached hydrogen (secondary N) is 1. The molecule has 1 amide bonds. The Morgan fingerprint density at radius 2 is 1.94 bits per heavy atom. The van der Waals surface area contributed by atoms with Crippen molar-refractivity contribution in [2.24, 2.45) is 0 Å². The van der Waals surface area contributed by atoms with Gasteiger partial charge in [-0.25, -0.2) is 0 Å². The van der Waals surface area contributed by atoms with Crippen molar-refractivity contribution in [3.63, 3.8) is 0 Å². The number of nitro groups is 1. The second-order valence-electron chi connectivity index (χ2n) is 4.42. The quantitative estimate of drug-likeness (QED) is 0.491. The summed E-state index contributed by atoms with van der Waals surface area (Å²) in [6.45, 7) is 3.48. The minimum atomic E-state index is -0.719. The SMILES string of the molecule is CC1(C)NC(=O)/C(=C\c2ccc([N+](=O)[O-])cc2)O1. The van der Waals surface area contributed by atoms with Gasteiger partial charge < -0.3 is 10.1 Å². The van der Waals surface area contributed by atoms with Crippen LogP contribution >= 0.6 is 0 Å². The first-order chi connectivity index (χ1) is 8.37. The normalized spacial score (nSPS) is 19.4. The summed E-state index contributed by atoms with van der Waals surface area (Å²) in [6.07, 6.45) is 1.55. The van der Waals surface area contributed by atoms with Crippen LogP contribution < -0.4 is 5.32 Å². The highest BCUT2D eigenvalue weighted by Gasteiger charge is 2.34. The molecule has 6 nitrogen and oxygen atoms in total. The molecular weight excluding hydrogens is 236 g/mol. The maximum Gasteiger partial charge on any atom is 0.289 e. The molecule has 0 atom stereocenters. The largest absolute Gasteiger partial charge is 0.463 e. The van der Waals surface area contributed by atoms with Gasteiger partial charge in [-0.05, 0) is 37.6 Å². The van der Waals surface area contributed by atoms with Crippen LogP contribution in [0.2, 0.25) is 0 Å². The number of hydrogen-bond acceptors (Lipinski definition) is 4. The first kappa shape index (κ1) is 12.1. The van der Waals surface area contributed by atoms with Crippen molar-refractivity contribution < 1.29 is 14.5 Å². The molecule has 0 aliphatic carbocycles. The number of amides is 1. The first-order valence-corrected chi connectivity index (χ1v) is 5.35. The molecule has 18 heavy (non-hydrogen) atoms. The highest BCUT2D eigenvalue weighted by molar-refractivity contribution is 5.97. The molecule has 0 saturated carbocycles. The van der Waals surface area contributed by atoms with Crippen LogP contribution in [-0.2, 0) is 9.53 Å². The molecule has 1 fully saturated rings. The molecule has 6 heteroatoms. The van der Waals surface area contributed by atoms with Crippen molar-refractivity contribution >= 4 is 17.7 Å². The van der Waals surface area contributed by atoms with Gasteiger partial charge in [-0.2, -0.15) is 0 Å². The lowest BCUT2D eigenvalue weighted by molar-refractivity contribution is -0.384. The first-order valence-electron chi connectivity index (χ1n) is 5.35. The number of hydrogen-bond donors (Lipinski definition) is 1.